The summed E-state index contributed by atoms with van der Waals surface area (Å²) in [7, 11) is 1.17. The number of nitrogens with zero attached hydrogens (tertiary/aromatic N) is 1. The molecule has 0 fully saturated rings. The lowest BCUT2D eigenvalue weighted by molar-refractivity contribution is -0.275. The molecule has 0 radical (unpaired) electrons. The third-order valence-corrected chi connectivity index (χ3v) is 2.22. The fourth-order valence-electron chi connectivity index (χ4n) is 1.53. The number of methoxy groups -OCH3 is 1. The van der Waals surface area contributed by atoms with Gasteiger partial charge >= 0.3 is 12.3 Å². The van der Waals surface area contributed by atoms with Crippen LogP contribution in [0.2, 0.25) is 0 Å². The molecule has 0 saturated heterocycles. The van der Waals surface area contributed by atoms with Crippen LogP contribution < -0.4 is 9.47 Å². The van der Waals surface area contributed by atoms with E-state index in [0.29, 0.717) is 0 Å². The highest BCUT2D eigenvalue weighted by Gasteiger charge is 2.34. The number of halogens is 3. The number of hydrogen-bond acceptors (Lipinski definition) is 5. The topological polar surface area (TPSA) is 57.7 Å². The Balaban J connectivity index is 3.04. The Hall–Kier alpha value is -1.99. The van der Waals surface area contributed by atoms with E-state index in [4.69, 9.17) is 9.47 Å². The zero-order valence-electron chi connectivity index (χ0n) is 11.2. The van der Waals surface area contributed by atoms with E-state index < -0.39 is 18.1 Å². The molecular weight excluding hydrogens is 279 g/mol. The molecule has 0 aliphatic rings. The maximum Gasteiger partial charge on any atom is 0.573 e. The minimum Gasteiger partial charge on any atom is -0.478 e. The molecule has 1 aromatic rings. The highest BCUT2D eigenvalue weighted by atomic mass is 19.4. The van der Waals surface area contributed by atoms with E-state index in [1.165, 1.54) is 20.1 Å². The first kappa shape index (κ1) is 16.1. The summed E-state index contributed by atoms with van der Waals surface area (Å²) in [6.07, 6.45) is -5.00. The predicted octanol–water partition coefficient (Wildman–Crippen LogP) is 2.40. The van der Waals surface area contributed by atoms with Crippen LogP contribution in [0, 0.1) is 6.92 Å². The fourth-order valence-corrected chi connectivity index (χ4v) is 1.53. The van der Waals surface area contributed by atoms with Gasteiger partial charge in [-0.25, -0.2) is 4.98 Å². The molecular formula is C12H14F3NO4. The van der Waals surface area contributed by atoms with E-state index in [1.54, 1.807) is 6.92 Å². The Morgan fingerprint density at radius 2 is 2.05 bits per heavy atom. The van der Waals surface area contributed by atoms with Crippen LogP contribution in [-0.4, -0.2) is 31.0 Å². The van der Waals surface area contributed by atoms with Gasteiger partial charge in [-0.2, -0.15) is 0 Å². The molecule has 5 nitrogen and oxygen atoms in total. The Morgan fingerprint density at radius 3 is 2.55 bits per heavy atom. The summed E-state index contributed by atoms with van der Waals surface area (Å²) in [5.74, 6) is -1.37. The van der Waals surface area contributed by atoms with E-state index in [1.807, 2.05) is 0 Å². The van der Waals surface area contributed by atoms with Gasteiger partial charge in [0.05, 0.1) is 25.8 Å². The second-order valence-electron chi connectivity index (χ2n) is 3.80. The van der Waals surface area contributed by atoms with Gasteiger partial charge in [-0.05, 0) is 25.5 Å². The van der Waals surface area contributed by atoms with Gasteiger partial charge in [0.15, 0.2) is 5.75 Å². The van der Waals surface area contributed by atoms with Crippen molar-refractivity contribution in [1.29, 1.82) is 0 Å². The lowest BCUT2D eigenvalue weighted by atomic mass is 10.2. The molecule has 0 aliphatic carbocycles. The van der Waals surface area contributed by atoms with E-state index in [9.17, 15) is 18.0 Å². The number of esters is 1. The summed E-state index contributed by atoms with van der Waals surface area (Å²) in [5, 5.41) is 0. The number of alkyl halides is 3. The molecule has 0 aromatic carbocycles. The van der Waals surface area contributed by atoms with Gasteiger partial charge in [0.1, 0.15) is 0 Å². The van der Waals surface area contributed by atoms with Crippen molar-refractivity contribution >= 4 is 5.97 Å². The molecule has 0 amide bonds. The second-order valence-corrected chi connectivity index (χ2v) is 3.80. The van der Waals surface area contributed by atoms with Crippen LogP contribution >= 0.6 is 0 Å². The number of ether oxygens (including phenoxy) is 3. The quantitative estimate of drug-likeness (QED) is 0.780. The van der Waals surface area contributed by atoms with Crippen LogP contribution in [-0.2, 0) is 16.0 Å². The number of carbonyl (C=O) groups is 1. The zero-order valence-corrected chi connectivity index (χ0v) is 11.2. The molecule has 0 N–H and O–H groups in total. The van der Waals surface area contributed by atoms with Gasteiger partial charge in [0.2, 0.25) is 0 Å². The van der Waals surface area contributed by atoms with Crippen molar-refractivity contribution in [3.05, 3.63) is 17.3 Å². The minimum atomic E-state index is -4.84. The lowest BCUT2D eigenvalue weighted by Gasteiger charge is -2.15. The van der Waals surface area contributed by atoms with Gasteiger partial charge < -0.3 is 14.2 Å². The average molecular weight is 293 g/mol. The lowest BCUT2D eigenvalue weighted by Crippen LogP contribution is -2.19. The third kappa shape index (κ3) is 4.60. The van der Waals surface area contributed by atoms with Crippen molar-refractivity contribution in [2.75, 3.05) is 13.7 Å². The van der Waals surface area contributed by atoms with Crippen molar-refractivity contribution in [3.8, 4) is 11.6 Å². The predicted molar refractivity (Wildman–Crippen MR) is 62.5 cm³/mol. The molecule has 1 aromatic heterocycles. The maximum absolute atomic E-state index is 12.3. The molecule has 1 rings (SSSR count). The standard InChI is InChI=1S/C12H14F3NO4/c1-4-19-9(17)6-8-5-7(2)10(11(16-8)18-3)20-12(13,14)15/h5H,4,6H2,1-3H3. The van der Waals surface area contributed by atoms with E-state index in [2.05, 4.69) is 9.72 Å². The fraction of sp³-hybridized carbons (Fsp3) is 0.500. The molecule has 0 bridgehead atoms. The summed E-state index contributed by atoms with van der Waals surface area (Å²) in [6, 6.07) is 1.32. The van der Waals surface area contributed by atoms with Crippen molar-refractivity contribution in [2.24, 2.45) is 0 Å². The van der Waals surface area contributed by atoms with Crippen molar-refractivity contribution in [3.63, 3.8) is 0 Å². The van der Waals surface area contributed by atoms with Crippen molar-refractivity contribution < 1.29 is 32.2 Å². The molecule has 20 heavy (non-hydrogen) atoms. The molecule has 112 valence electrons. The highest BCUT2D eigenvalue weighted by Crippen LogP contribution is 2.34. The van der Waals surface area contributed by atoms with Crippen LogP contribution in [0.1, 0.15) is 18.2 Å². The van der Waals surface area contributed by atoms with E-state index in [-0.39, 0.29) is 30.2 Å². The number of pyridine rings is 1. The normalized spacial score (nSPS) is 11.1. The summed E-state index contributed by atoms with van der Waals surface area (Å²) < 4.78 is 50.2. The van der Waals surface area contributed by atoms with Crippen LogP contribution in [0.25, 0.3) is 0 Å². The van der Waals surface area contributed by atoms with Crippen molar-refractivity contribution in [1.82, 2.24) is 4.98 Å². The van der Waals surface area contributed by atoms with Gasteiger partial charge in [-0.3, -0.25) is 4.79 Å². The molecule has 8 heteroatoms. The number of aromatic nitrogens is 1. The van der Waals surface area contributed by atoms with Crippen LogP contribution in [0.15, 0.2) is 6.07 Å². The van der Waals surface area contributed by atoms with E-state index in [0.717, 1.165) is 0 Å². The molecule has 0 atom stereocenters. The number of aryl methyl sites for hydroxylation is 1. The Bertz CT molecular complexity index is 488. The Labute approximate surface area is 113 Å². The van der Waals surface area contributed by atoms with Gasteiger partial charge in [0.25, 0.3) is 5.88 Å². The van der Waals surface area contributed by atoms with Gasteiger partial charge in [-0.15, -0.1) is 13.2 Å². The third-order valence-electron chi connectivity index (χ3n) is 2.22. The Morgan fingerprint density at radius 1 is 1.40 bits per heavy atom. The molecule has 0 unspecified atom stereocenters. The molecule has 0 spiro atoms. The summed E-state index contributed by atoms with van der Waals surface area (Å²) in [4.78, 5) is 15.1. The monoisotopic (exact) mass is 293 g/mol. The second kappa shape index (κ2) is 6.44. The first-order valence-electron chi connectivity index (χ1n) is 5.72. The van der Waals surface area contributed by atoms with Crippen LogP contribution in [0.4, 0.5) is 13.2 Å². The summed E-state index contributed by atoms with van der Waals surface area (Å²) in [5.41, 5.74) is 0.404. The maximum atomic E-state index is 12.3. The first-order valence-corrected chi connectivity index (χ1v) is 5.72. The van der Waals surface area contributed by atoms with E-state index >= 15 is 0 Å². The summed E-state index contributed by atoms with van der Waals surface area (Å²) in [6.45, 7) is 3.27. The van der Waals surface area contributed by atoms with Crippen LogP contribution in [0.5, 0.6) is 11.6 Å². The van der Waals surface area contributed by atoms with Crippen LogP contribution in [0.3, 0.4) is 0 Å². The smallest absolute Gasteiger partial charge is 0.478 e. The number of carbonyl (C=O) groups excluding carboxylic acids is 1. The zero-order chi connectivity index (χ0) is 15.3. The van der Waals surface area contributed by atoms with Crippen molar-refractivity contribution in [2.45, 2.75) is 26.6 Å². The van der Waals surface area contributed by atoms with Gasteiger partial charge in [-0.1, -0.05) is 0 Å². The first-order chi connectivity index (χ1) is 9.26. The Kier molecular flexibility index (Phi) is 5.18. The molecule has 0 aliphatic heterocycles. The number of rotatable bonds is 5. The minimum absolute atomic E-state index is 0.155. The molecule has 1 heterocycles. The largest absolute Gasteiger partial charge is 0.573 e. The SMILES string of the molecule is CCOC(=O)Cc1cc(C)c(OC(F)(F)F)c(OC)n1. The number of hydrogen-bond donors (Lipinski definition) is 0. The average Bonchev–Trinajstić information content (AvgIpc) is 2.31. The summed E-state index contributed by atoms with van der Waals surface area (Å²) >= 11 is 0. The highest BCUT2D eigenvalue weighted by molar-refractivity contribution is 5.72. The molecule has 0 saturated carbocycles. The van der Waals surface area contributed by atoms with Gasteiger partial charge in [0, 0.05) is 0 Å².